The summed E-state index contributed by atoms with van der Waals surface area (Å²) in [6, 6.07) is 7.45. The molecule has 0 N–H and O–H groups in total. The van der Waals surface area contributed by atoms with Crippen molar-refractivity contribution in [3.05, 3.63) is 83.1 Å². The molecule has 1 aliphatic heterocycles. The molecule has 1 aliphatic carbocycles. The van der Waals surface area contributed by atoms with Crippen LogP contribution in [0.4, 0.5) is 32.0 Å². The quantitative estimate of drug-likeness (QED) is 0.235. The summed E-state index contributed by atoms with van der Waals surface area (Å²) in [5, 5.41) is 0. The van der Waals surface area contributed by atoms with Crippen molar-refractivity contribution >= 4 is 38.8 Å². The SMILES string of the molecule is CC(OC(=O)C(F)(F)F)(c1ccc(N2CCN(S(=O)(=O)C3=CC=CCC3=S)CC2Cc2ccncc2)cc1)C(F)(F)F. The van der Waals surface area contributed by atoms with Gasteiger partial charge in [-0.15, -0.1) is 0 Å². The summed E-state index contributed by atoms with van der Waals surface area (Å²) in [4.78, 5) is 17.5. The Kier molecular flexibility index (Phi) is 8.86. The molecular formula is C27H25F6N3O4S2. The highest BCUT2D eigenvalue weighted by atomic mass is 32.2. The second-order valence-corrected chi connectivity index (χ2v) is 12.2. The third kappa shape index (κ3) is 6.52. The Morgan fingerprint density at radius 1 is 1.05 bits per heavy atom. The Morgan fingerprint density at radius 3 is 2.26 bits per heavy atom. The van der Waals surface area contributed by atoms with E-state index in [4.69, 9.17) is 12.2 Å². The monoisotopic (exact) mass is 633 g/mol. The zero-order valence-electron chi connectivity index (χ0n) is 22.0. The van der Waals surface area contributed by atoms with Gasteiger partial charge in [-0.05, 0) is 49.2 Å². The molecule has 0 bridgehead atoms. The van der Waals surface area contributed by atoms with Gasteiger partial charge in [-0.25, -0.2) is 13.2 Å². The van der Waals surface area contributed by atoms with Gasteiger partial charge in [-0.2, -0.15) is 30.6 Å². The van der Waals surface area contributed by atoms with E-state index >= 15 is 0 Å². The molecule has 42 heavy (non-hydrogen) atoms. The predicted octanol–water partition coefficient (Wildman–Crippen LogP) is 5.24. The molecule has 1 aromatic carbocycles. The molecule has 1 aromatic heterocycles. The van der Waals surface area contributed by atoms with E-state index < -0.39 is 45.6 Å². The van der Waals surface area contributed by atoms with Crippen molar-refractivity contribution in [3.63, 3.8) is 0 Å². The normalized spacial score (nSPS) is 20.2. The van der Waals surface area contributed by atoms with Gasteiger partial charge < -0.3 is 9.64 Å². The number of anilines is 1. The van der Waals surface area contributed by atoms with E-state index in [1.165, 1.54) is 22.5 Å². The van der Waals surface area contributed by atoms with Crippen molar-refractivity contribution < 1.29 is 44.3 Å². The van der Waals surface area contributed by atoms with Gasteiger partial charge in [-0.3, -0.25) is 4.98 Å². The fourth-order valence-electron chi connectivity index (χ4n) is 4.74. The van der Waals surface area contributed by atoms with Crippen molar-refractivity contribution in [2.75, 3.05) is 24.5 Å². The van der Waals surface area contributed by atoms with Gasteiger partial charge in [0.2, 0.25) is 15.6 Å². The number of benzene rings is 1. The first-order valence-electron chi connectivity index (χ1n) is 12.6. The van der Waals surface area contributed by atoms with Gasteiger partial charge in [-0.1, -0.05) is 36.5 Å². The van der Waals surface area contributed by atoms with E-state index in [1.54, 1.807) is 36.7 Å². The lowest BCUT2D eigenvalue weighted by Gasteiger charge is -2.43. The van der Waals surface area contributed by atoms with Crippen molar-refractivity contribution in [1.82, 2.24) is 9.29 Å². The summed E-state index contributed by atoms with van der Waals surface area (Å²) in [5.41, 5.74) is -3.05. The highest BCUT2D eigenvalue weighted by molar-refractivity contribution is 7.96. The molecular weight excluding hydrogens is 608 g/mol. The van der Waals surface area contributed by atoms with E-state index in [0.29, 0.717) is 30.3 Å². The number of carbonyl (C=O) groups excluding carboxylic acids is 1. The molecule has 1 saturated heterocycles. The lowest BCUT2D eigenvalue weighted by atomic mass is 9.94. The number of carbonyl (C=O) groups is 1. The van der Waals surface area contributed by atoms with Crippen molar-refractivity contribution in [1.29, 1.82) is 0 Å². The predicted molar refractivity (Wildman–Crippen MR) is 146 cm³/mol. The van der Waals surface area contributed by atoms with Gasteiger partial charge in [0.25, 0.3) is 0 Å². The molecule has 4 rings (SSSR count). The van der Waals surface area contributed by atoms with E-state index in [-0.39, 0.29) is 24.5 Å². The molecule has 2 aliphatic rings. The number of pyridine rings is 1. The molecule has 2 heterocycles. The number of esters is 1. The van der Waals surface area contributed by atoms with E-state index in [1.807, 2.05) is 4.90 Å². The maximum Gasteiger partial charge on any atom is 0.490 e. The molecule has 7 nitrogen and oxygen atoms in total. The minimum absolute atomic E-state index is 0.0273. The topological polar surface area (TPSA) is 79.8 Å². The molecule has 0 amide bonds. The second-order valence-electron chi connectivity index (χ2n) is 9.82. The second kappa shape index (κ2) is 11.8. The zero-order valence-corrected chi connectivity index (χ0v) is 23.7. The van der Waals surface area contributed by atoms with Crippen LogP contribution in [0.25, 0.3) is 0 Å². The average Bonchev–Trinajstić information content (AvgIpc) is 2.92. The number of alkyl halides is 6. The molecule has 0 saturated carbocycles. The highest BCUT2D eigenvalue weighted by Gasteiger charge is 2.59. The Balaban J connectivity index is 1.65. The number of hydrogen-bond acceptors (Lipinski definition) is 7. The van der Waals surface area contributed by atoms with E-state index in [2.05, 4.69) is 9.72 Å². The summed E-state index contributed by atoms with van der Waals surface area (Å²) >= 11 is 5.28. The van der Waals surface area contributed by atoms with Crippen LogP contribution in [0.1, 0.15) is 24.5 Å². The Bertz CT molecular complexity index is 1490. The molecule has 2 unspecified atom stereocenters. The third-order valence-electron chi connectivity index (χ3n) is 7.06. The fraction of sp³-hybridized carbons (Fsp3) is 0.370. The minimum Gasteiger partial charge on any atom is -0.438 e. The first-order valence-corrected chi connectivity index (χ1v) is 14.4. The first kappa shape index (κ1) is 31.6. The first-order chi connectivity index (χ1) is 19.5. The number of ether oxygens (including phenoxy) is 1. The van der Waals surface area contributed by atoms with Gasteiger partial charge in [0.05, 0.1) is 4.91 Å². The van der Waals surface area contributed by atoms with Crippen LogP contribution >= 0.6 is 12.2 Å². The van der Waals surface area contributed by atoms with Crippen molar-refractivity contribution in [3.8, 4) is 0 Å². The number of nitrogens with zero attached hydrogens (tertiary/aromatic N) is 3. The van der Waals surface area contributed by atoms with Crippen LogP contribution in [-0.2, 0) is 31.6 Å². The number of thiocarbonyl (C=S) groups is 1. The van der Waals surface area contributed by atoms with Gasteiger partial charge in [0.15, 0.2) is 0 Å². The number of allylic oxidation sites excluding steroid dienone is 4. The smallest absolute Gasteiger partial charge is 0.438 e. The third-order valence-corrected chi connectivity index (χ3v) is 9.53. The molecule has 226 valence electrons. The minimum atomic E-state index is -5.62. The zero-order chi connectivity index (χ0) is 30.9. The summed E-state index contributed by atoms with van der Waals surface area (Å²) < 4.78 is 112. The number of piperazine rings is 1. The number of hydrogen-bond donors (Lipinski definition) is 0. The number of aromatic nitrogens is 1. The van der Waals surface area contributed by atoms with E-state index in [9.17, 15) is 39.6 Å². The summed E-state index contributed by atoms with van der Waals surface area (Å²) in [5.74, 6) is -2.97. The largest absolute Gasteiger partial charge is 0.490 e. The van der Waals surface area contributed by atoms with Crippen LogP contribution in [0.3, 0.4) is 0 Å². The highest BCUT2D eigenvalue weighted by Crippen LogP contribution is 2.44. The molecule has 1 fully saturated rings. The van der Waals surface area contributed by atoms with Crippen molar-refractivity contribution in [2.45, 2.75) is 43.8 Å². The maximum absolute atomic E-state index is 13.9. The summed E-state index contributed by atoms with van der Waals surface area (Å²) in [6.07, 6.45) is -2.34. The Hall–Kier alpha value is -3.30. The molecule has 2 aromatic rings. The van der Waals surface area contributed by atoms with Crippen LogP contribution < -0.4 is 4.90 Å². The summed E-state index contributed by atoms with van der Waals surface area (Å²) in [7, 11) is -3.93. The van der Waals surface area contributed by atoms with Gasteiger partial charge >= 0.3 is 18.3 Å². The van der Waals surface area contributed by atoms with Crippen LogP contribution in [0.15, 0.2) is 71.9 Å². The van der Waals surface area contributed by atoms with E-state index in [0.717, 1.165) is 17.7 Å². The van der Waals surface area contributed by atoms with Gasteiger partial charge in [0.1, 0.15) is 0 Å². The molecule has 2 atom stereocenters. The Morgan fingerprint density at radius 2 is 1.69 bits per heavy atom. The molecule has 15 heteroatoms. The number of rotatable bonds is 7. The Labute approximate surface area is 243 Å². The summed E-state index contributed by atoms with van der Waals surface area (Å²) in [6.45, 7) is 0.578. The fourth-order valence-corrected chi connectivity index (χ4v) is 6.81. The average molecular weight is 634 g/mol. The number of sulfonamides is 1. The van der Waals surface area contributed by atoms with Crippen LogP contribution in [0.5, 0.6) is 0 Å². The van der Waals surface area contributed by atoms with Crippen molar-refractivity contribution in [2.24, 2.45) is 0 Å². The van der Waals surface area contributed by atoms with Crippen LogP contribution in [0.2, 0.25) is 0 Å². The van der Waals surface area contributed by atoms with Crippen LogP contribution in [-0.4, -0.2) is 66.6 Å². The standard InChI is InChI=1S/C27H25F6N3O4S2/c1-25(27(31,32)33,40-24(37)26(28,29)30)19-6-8-20(9-7-19)36-15-14-35(17-21(36)16-18-10-12-34-13-11-18)42(38,39)23-5-3-2-4-22(23)41/h2-3,5-13,21H,4,14-17H2,1H3. The molecule has 0 spiro atoms. The lowest BCUT2D eigenvalue weighted by molar-refractivity contribution is -0.285. The molecule has 0 radical (unpaired) electrons. The lowest BCUT2D eigenvalue weighted by Crippen LogP contribution is -2.56. The van der Waals surface area contributed by atoms with Gasteiger partial charge in [0, 0.05) is 60.6 Å². The maximum atomic E-state index is 13.9. The number of halogens is 6. The van der Waals surface area contributed by atoms with Crippen LogP contribution in [0, 0.1) is 0 Å².